The Bertz CT molecular complexity index is 305. The Hall–Kier alpha value is -1.59. The van der Waals surface area contributed by atoms with Gasteiger partial charge < -0.3 is 15.2 Å². The van der Waals surface area contributed by atoms with Crippen LogP contribution < -0.4 is 5.32 Å². The monoisotopic (exact) mass is 245 g/mol. The van der Waals surface area contributed by atoms with Crippen LogP contribution in [0.25, 0.3) is 0 Å². The Morgan fingerprint density at radius 2 is 1.76 bits per heavy atom. The zero-order valence-corrected chi connectivity index (χ0v) is 10.6. The highest BCUT2D eigenvalue weighted by Gasteiger charge is 2.22. The zero-order valence-electron chi connectivity index (χ0n) is 10.6. The minimum Gasteiger partial charge on any atom is -0.481 e. The molecule has 6 nitrogen and oxygen atoms in total. The molecule has 0 heterocycles. The Morgan fingerprint density at radius 3 is 2.18 bits per heavy atom. The third kappa shape index (κ3) is 8.24. The SMILES string of the molecule is C[C@H](NC(=O)CCC(=O)O)C(=O)OC(C)(C)C. The van der Waals surface area contributed by atoms with Gasteiger partial charge in [-0.1, -0.05) is 0 Å². The number of carboxylic acid groups (broad SMARTS) is 1. The van der Waals surface area contributed by atoms with E-state index in [0.29, 0.717) is 0 Å². The lowest BCUT2D eigenvalue weighted by Gasteiger charge is -2.22. The number of carboxylic acids is 1. The van der Waals surface area contributed by atoms with Gasteiger partial charge in [0.15, 0.2) is 0 Å². The number of nitrogens with one attached hydrogen (secondary N) is 1. The molecule has 0 aliphatic carbocycles. The van der Waals surface area contributed by atoms with E-state index in [1.54, 1.807) is 20.8 Å². The molecule has 6 heteroatoms. The normalized spacial score (nSPS) is 12.7. The molecule has 0 unspecified atom stereocenters. The summed E-state index contributed by atoms with van der Waals surface area (Å²) in [4.78, 5) is 33.0. The molecule has 98 valence electrons. The van der Waals surface area contributed by atoms with Gasteiger partial charge in [0.2, 0.25) is 5.91 Å². The lowest BCUT2D eigenvalue weighted by Crippen LogP contribution is -2.42. The number of esters is 1. The van der Waals surface area contributed by atoms with Crippen LogP contribution in [0.4, 0.5) is 0 Å². The van der Waals surface area contributed by atoms with Crippen molar-refractivity contribution in [2.24, 2.45) is 0 Å². The summed E-state index contributed by atoms with van der Waals surface area (Å²) in [5.41, 5.74) is -0.614. The predicted octanol–water partition coefficient (Wildman–Crippen LogP) is 0.698. The number of carbonyl (C=O) groups excluding carboxylic acids is 2. The minimum absolute atomic E-state index is 0.150. The maximum Gasteiger partial charge on any atom is 0.328 e. The van der Waals surface area contributed by atoms with E-state index < -0.39 is 29.5 Å². The first-order chi connectivity index (χ1) is 7.61. The Balaban J connectivity index is 4.08. The van der Waals surface area contributed by atoms with Crippen LogP contribution in [0, 0.1) is 0 Å². The first-order valence-electron chi connectivity index (χ1n) is 5.36. The highest BCUT2D eigenvalue weighted by atomic mass is 16.6. The second kappa shape index (κ2) is 6.22. The van der Waals surface area contributed by atoms with Crippen molar-refractivity contribution in [1.29, 1.82) is 0 Å². The van der Waals surface area contributed by atoms with Crippen LogP contribution in [0.3, 0.4) is 0 Å². The van der Waals surface area contributed by atoms with E-state index in [2.05, 4.69) is 5.32 Å². The molecule has 1 atom stereocenters. The fourth-order valence-electron chi connectivity index (χ4n) is 0.983. The lowest BCUT2D eigenvalue weighted by atomic mass is 10.2. The zero-order chi connectivity index (χ0) is 13.6. The Labute approximate surface area is 100 Å². The maximum atomic E-state index is 11.5. The van der Waals surface area contributed by atoms with Crippen molar-refractivity contribution in [1.82, 2.24) is 5.32 Å². The molecule has 0 aromatic rings. The first-order valence-corrected chi connectivity index (χ1v) is 5.36. The average Bonchev–Trinajstić information content (AvgIpc) is 2.11. The van der Waals surface area contributed by atoms with Gasteiger partial charge in [-0.25, -0.2) is 4.79 Å². The quantitative estimate of drug-likeness (QED) is 0.695. The molecule has 0 aromatic heterocycles. The fourth-order valence-corrected chi connectivity index (χ4v) is 0.983. The lowest BCUT2D eigenvalue weighted by molar-refractivity contribution is -0.158. The molecule has 0 aliphatic heterocycles. The van der Waals surface area contributed by atoms with Gasteiger partial charge in [-0.15, -0.1) is 0 Å². The molecule has 0 bridgehead atoms. The number of carbonyl (C=O) groups is 3. The number of rotatable bonds is 5. The van der Waals surface area contributed by atoms with Gasteiger partial charge in [0.25, 0.3) is 0 Å². The van der Waals surface area contributed by atoms with Crippen LogP contribution >= 0.6 is 0 Å². The van der Waals surface area contributed by atoms with Crippen molar-refractivity contribution in [3.63, 3.8) is 0 Å². The summed E-state index contributed by atoms with van der Waals surface area (Å²) in [6.07, 6.45) is -0.407. The fraction of sp³-hybridized carbons (Fsp3) is 0.727. The van der Waals surface area contributed by atoms with Crippen molar-refractivity contribution in [3.8, 4) is 0 Å². The van der Waals surface area contributed by atoms with Gasteiger partial charge in [0.05, 0.1) is 6.42 Å². The third-order valence-corrected chi connectivity index (χ3v) is 1.70. The van der Waals surface area contributed by atoms with Crippen LogP contribution in [0.15, 0.2) is 0 Å². The predicted molar refractivity (Wildman–Crippen MR) is 60.3 cm³/mol. The van der Waals surface area contributed by atoms with E-state index >= 15 is 0 Å². The first kappa shape index (κ1) is 15.4. The number of amides is 1. The second-order valence-electron chi connectivity index (χ2n) is 4.72. The third-order valence-electron chi connectivity index (χ3n) is 1.70. The van der Waals surface area contributed by atoms with Crippen LogP contribution in [-0.2, 0) is 19.1 Å². The molecule has 2 N–H and O–H groups in total. The molecule has 0 aliphatic rings. The molecule has 0 fully saturated rings. The van der Waals surface area contributed by atoms with E-state index in [1.165, 1.54) is 6.92 Å². The second-order valence-corrected chi connectivity index (χ2v) is 4.72. The van der Waals surface area contributed by atoms with Gasteiger partial charge in [-0.05, 0) is 27.7 Å². The van der Waals surface area contributed by atoms with E-state index in [9.17, 15) is 14.4 Å². The largest absolute Gasteiger partial charge is 0.481 e. The van der Waals surface area contributed by atoms with Crippen molar-refractivity contribution in [2.45, 2.75) is 52.2 Å². The van der Waals surface area contributed by atoms with Gasteiger partial charge in [-0.2, -0.15) is 0 Å². The van der Waals surface area contributed by atoms with E-state index in [4.69, 9.17) is 9.84 Å². The highest BCUT2D eigenvalue weighted by Crippen LogP contribution is 2.08. The summed E-state index contributed by atoms with van der Waals surface area (Å²) in [5.74, 6) is -2.07. The van der Waals surface area contributed by atoms with Crippen LogP contribution in [0.1, 0.15) is 40.5 Å². The number of hydrogen-bond donors (Lipinski definition) is 2. The molecule has 0 rings (SSSR count). The summed E-state index contributed by atoms with van der Waals surface area (Å²) in [6, 6.07) is -0.782. The molecule has 0 radical (unpaired) electrons. The van der Waals surface area contributed by atoms with E-state index in [-0.39, 0.29) is 12.8 Å². The summed E-state index contributed by atoms with van der Waals surface area (Å²) in [5, 5.41) is 10.8. The summed E-state index contributed by atoms with van der Waals surface area (Å²) in [6.45, 7) is 6.67. The van der Waals surface area contributed by atoms with Crippen molar-refractivity contribution in [3.05, 3.63) is 0 Å². The molecule has 0 saturated carbocycles. The van der Waals surface area contributed by atoms with Gasteiger partial charge in [0.1, 0.15) is 11.6 Å². The number of ether oxygens (including phenoxy) is 1. The van der Waals surface area contributed by atoms with Crippen LogP contribution in [-0.4, -0.2) is 34.6 Å². The molecule has 0 aromatic carbocycles. The molecule has 0 saturated heterocycles. The summed E-state index contributed by atoms with van der Waals surface area (Å²) >= 11 is 0. The number of aliphatic carboxylic acids is 1. The minimum atomic E-state index is -1.05. The van der Waals surface area contributed by atoms with E-state index in [0.717, 1.165) is 0 Å². The Kier molecular flexibility index (Phi) is 5.64. The van der Waals surface area contributed by atoms with Crippen LogP contribution in [0.5, 0.6) is 0 Å². The molecule has 1 amide bonds. The molecule has 0 spiro atoms. The number of hydrogen-bond acceptors (Lipinski definition) is 4. The Morgan fingerprint density at radius 1 is 1.24 bits per heavy atom. The van der Waals surface area contributed by atoms with Crippen molar-refractivity contribution >= 4 is 17.8 Å². The van der Waals surface area contributed by atoms with Gasteiger partial charge in [-0.3, -0.25) is 9.59 Å². The van der Waals surface area contributed by atoms with Gasteiger partial charge in [0, 0.05) is 6.42 Å². The summed E-state index contributed by atoms with van der Waals surface area (Å²) in [7, 11) is 0. The summed E-state index contributed by atoms with van der Waals surface area (Å²) < 4.78 is 5.06. The van der Waals surface area contributed by atoms with E-state index in [1.807, 2.05) is 0 Å². The van der Waals surface area contributed by atoms with Crippen molar-refractivity contribution < 1.29 is 24.2 Å². The standard InChI is InChI=1S/C11H19NO5/c1-7(10(16)17-11(2,3)4)12-8(13)5-6-9(14)15/h7H,5-6H2,1-4H3,(H,12,13)(H,14,15)/t7-/m0/s1. The topological polar surface area (TPSA) is 92.7 Å². The smallest absolute Gasteiger partial charge is 0.328 e. The van der Waals surface area contributed by atoms with Crippen molar-refractivity contribution in [2.75, 3.05) is 0 Å². The van der Waals surface area contributed by atoms with Gasteiger partial charge >= 0.3 is 11.9 Å². The highest BCUT2D eigenvalue weighted by molar-refractivity contribution is 5.86. The molecular weight excluding hydrogens is 226 g/mol. The molecule has 17 heavy (non-hydrogen) atoms. The maximum absolute atomic E-state index is 11.5. The average molecular weight is 245 g/mol. The molecular formula is C11H19NO5. The van der Waals surface area contributed by atoms with Crippen LogP contribution in [0.2, 0.25) is 0 Å².